The molecule has 1 aromatic heterocycles. The van der Waals surface area contributed by atoms with Gasteiger partial charge in [-0.1, -0.05) is 23.5 Å². The van der Waals surface area contributed by atoms with Gasteiger partial charge in [-0.3, -0.25) is 5.43 Å². The second-order valence-corrected chi connectivity index (χ2v) is 6.03. The SMILES string of the molecule is C/C(=N/Nc1nc2ccccc2s1)c1ccc(OCC(=O)O)cc1. The fourth-order valence-corrected chi connectivity index (χ4v) is 2.86. The molecule has 3 rings (SSSR count). The number of benzene rings is 2. The maximum absolute atomic E-state index is 10.5. The van der Waals surface area contributed by atoms with Crippen LogP contribution in [0.3, 0.4) is 0 Å². The van der Waals surface area contributed by atoms with E-state index in [2.05, 4.69) is 15.5 Å². The number of hydrazone groups is 1. The average molecular weight is 341 g/mol. The number of anilines is 1. The number of hydrogen-bond donors (Lipinski definition) is 2. The highest BCUT2D eigenvalue weighted by Crippen LogP contribution is 2.25. The molecule has 0 aliphatic heterocycles. The number of carboxylic acids is 1. The Balaban J connectivity index is 1.67. The normalized spacial score (nSPS) is 11.5. The predicted molar refractivity (Wildman–Crippen MR) is 95.0 cm³/mol. The number of rotatable bonds is 6. The Labute approximate surface area is 142 Å². The first-order valence-electron chi connectivity index (χ1n) is 7.23. The number of carboxylic acid groups (broad SMARTS) is 1. The summed E-state index contributed by atoms with van der Waals surface area (Å²) >= 11 is 1.54. The van der Waals surface area contributed by atoms with Crippen molar-refractivity contribution in [2.45, 2.75) is 6.92 Å². The van der Waals surface area contributed by atoms with E-state index in [0.29, 0.717) is 5.75 Å². The van der Waals surface area contributed by atoms with Crippen LogP contribution in [0.5, 0.6) is 5.75 Å². The van der Waals surface area contributed by atoms with Gasteiger partial charge in [0, 0.05) is 0 Å². The number of carbonyl (C=O) groups is 1. The number of thiazole rings is 1. The largest absolute Gasteiger partial charge is 0.482 e. The summed E-state index contributed by atoms with van der Waals surface area (Å²) in [5, 5.41) is 13.7. The van der Waals surface area contributed by atoms with E-state index >= 15 is 0 Å². The first kappa shape index (κ1) is 15.9. The molecule has 0 unspecified atom stereocenters. The van der Waals surface area contributed by atoms with Crippen molar-refractivity contribution in [3.63, 3.8) is 0 Å². The molecule has 0 bridgehead atoms. The van der Waals surface area contributed by atoms with E-state index in [9.17, 15) is 4.79 Å². The molecule has 0 amide bonds. The van der Waals surface area contributed by atoms with Gasteiger partial charge < -0.3 is 9.84 Å². The van der Waals surface area contributed by atoms with Gasteiger partial charge in [0.25, 0.3) is 0 Å². The van der Waals surface area contributed by atoms with Crippen LogP contribution >= 0.6 is 11.3 Å². The third kappa shape index (κ3) is 3.88. The number of fused-ring (bicyclic) bond motifs is 1. The lowest BCUT2D eigenvalue weighted by Gasteiger charge is -2.05. The van der Waals surface area contributed by atoms with Crippen molar-refractivity contribution in [2.75, 3.05) is 12.0 Å². The van der Waals surface area contributed by atoms with Gasteiger partial charge in [-0.2, -0.15) is 5.10 Å². The maximum Gasteiger partial charge on any atom is 0.341 e. The van der Waals surface area contributed by atoms with Crippen molar-refractivity contribution >= 4 is 38.4 Å². The van der Waals surface area contributed by atoms with E-state index in [0.717, 1.165) is 26.6 Å². The Kier molecular flexibility index (Phi) is 4.72. The lowest BCUT2D eigenvalue weighted by molar-refractivity contribution is -0.139. The summed E-state index contributed by atoms with van der Waals surface area (Å²) in [7, 11) is 0. The van der Waals surface area contributed by atoms with Gasteiger partial charge in [0.2, 0.25) is 5.13 Å². The van der Waals surface area contributed by atoms with Crippen LogP contribution in [0.1, 0.15) is 12.5 Å². The number of nitrogens with one attached hydrogen (secondary N) is 1. The molecule has 0 saturated heterocycles. The second kappa shape index (κ2) is 7.10. The van der Waals surface area contributed by atoms with Crippen LogP contribution in [0.4, 0.5) is 5.13 Å². The van der Waals surface area contributed by atoms with Crippen LogP contribution in [0, 0.1) is 0 Å². The minimum absolute atomic E-state index is 0.356. The highest BCUT2D eigenvalue weighted by molar-refractivity contribution is 7.22. The van der Waals surface area contributed by atoms with Gasteiger partial charge in [-0.25, -0.2) is 9.78 Å². The van der Waals surface area contributed by atoms with Gasteiger partial charge >= 0.3 is 5.97 Å². The molecular formula is C17H15N3O3S. The molecule has 0 aliphatic carbocycles. The minimum Gasteiger partial charge on any atom is -0.482 e. The zero-order valence-electron chi connectivity index (χ0n) is 12.9. The summed E-state index contributed by atoms with van der Waals surface area (Å²) in [6.45, 7) is 1.53. The van der Waals surface area contributed by atoms with Crippen molar-refractivity contribution in [1.82, 2.24) is 4.98 Å². The molecule has 0 aliphatic rings. The highest BCUT2D eigenvalue weighted by atomic mass is 32.1. The number of aliphatic carboxylic acids is 1. The third-order valence-electron chi connectivity index (χ3n) is 3.25. The molecule has 0 saturated carbocycles. The molecular weight excluding hydrogens is 326 g/mol. The molecule has 0 radical (unpaired) electrons. The lowest BCUT2D eigenvalue weighted by Crippen LogP contribution is -2.09. The smallest absolute Gasteiger partial charge is 0.341 e. The van der Waals surface area contributed by atoms with E-state index in [1.165, 1.54) is 0 Å². The summed E-state index contributed by atoms with van der Waals surface area (Å²) in [4.78, 5) is 14.9. The topological polar surface area (TPSA) is 83.8 Å². The third-order valence-corrected chi connectivity index (χ3v) is 4.19. The highest BCUT2D eigenvalue weighted by Gasteiger charge is 2.04. The maximum atomic E-state index is 10.5. The number of hydrogen-bond acceptors (Lipinski definition) is 6. The number of aromatic nitrogens is 1. The monoisotopic (exact) mass is 341 g/mol. The van der Waals surface area contributed by atoms with E-state index < -0.39 is 5.97 Å². The lowest BCUT2D eigenvalue weighted by atomic mass is 10.1. The summed E-state index contributed by atoms with van der Waals surface area (Å²) in [6, 6.07) is 15.0. The van der Waals surface area contributed by atoms with Crippen LogP contribution in [-0.2, 0) is 4.79 Å². The van der Waals surface area contributed by atoms with Gasteiger partial charge in [0.1, 0.15) is 5.75 Å². The first-order valence-corrected chi connectivity index (χ1v) is 8.04. The molecule has 6 nitrogen and oxygen atoms in total. The zero-order chi connectivity index (χ0) is 16.9. The first-order chi connectivity index (χ1) is 11.6. The summed E-state index contributed by atoms with van der Waals surface area (Å²) in [5.74, 6) is -0.495. The molecule has 7 heteroatoms. The van der Waals surface area contributed by atoms with Gasteiger partial charge in [-0.15, -0.1) is 0 Å². The summed E-state index contributed by atoms with van der Waals surface area (Å²) in [5.41, 5.74) is 5.62. The Bertz CT molecular complexity index is 854. The van der Waals surface area contributed by atoms with Crippen molar-refractivity contribution in [2.24, 2.45) is 5.10 Å². The van der Waals surface area contributed by atoms with Gasteiger partial charge in [0.15, 0.2) is 6.61 Å². The van der Waals surface area contributed by atoms with Crippen LogP contribution in [-0.4, -0.2) is 28.4 Å². The van der Waals surface area contributed by atoms with Crippen molar-refractivity contribution in [1.29, 1.82) is 0 Å². The second-order valence-electron chi connectivity index (χ2n) is 5.00. The van der Waals surface area contributed by atoms with Crippen LogP contribution in [0.15, 0.2) is 53.6 Å². The van der Waals surface area contributed by atoms with Crippen LogP contribution < -0.4 is 10.2 Å². The molecule has 24 heavy (non-hydrogen) atoms. The molecule has 0 fully saturated rings. The minimum atomic E-state index is -1.00. The van der Waals surface area contributed by atoms with Crippen LogP contribution in [0.2, 0.25) is 0 Å². The van der Waals surface area contributed by atoms with Crippen LogP contribution in [0.25, 0.3) is 10.2 Å². The number of ether oxygens (including phenoxy) is 1. The Morgan fingerprint density at radius 2 is 2.00 bits per heavy atom. The Morgan fingerprint density at radius 1 is 1.25 bits per heavy atom. The van der Waals surface area contributed by atoms with E-state index in [1.807, 2.05) is 43.3 Å². The van der Waals surface area contributed by atoms with E-state index in [-0.39, 0.29) is 6.61 Å². The molecule has 2 aromatic carbocycles. The van der Waals surface area contributed by atoms with E-state index in [1.54, 1.807) is 23.5 Å². The molecule has 0 atom stereocenters. The molecule has 2 N–H and O–H groups in total. The van der Waals surface area contributed by atoms with Crippen molar-refractivity contribution in [3.05, 3.63) is 54.1 Å². The molecule has 0 spiro atoms. The van der Waals surface area contributed by atoms with E-state index in [4.69, 9.17) is 9.84 Å². The quantitative estimate of drug-likeness (QED) is 0.529. The van der Waals surface area contributed by atoms with Gasteiger partial charge in [-0.05, 0) is 48.9 Å². The molecule has 1 heterocycles. The van der Waals surface area contributed by atoms with Crippen molar-refractivity contribution < 1.29 is 14.6 Å². The zero-order valence-corrected chi connectivity index (χ0v) is 13.7. The Hall–Kier alpha value is -2.93. The fraction of sp³-hybridized carbons (Fsp3) is 0.118. The molecule has 122 valence electrons. The summed E-state index contributed by atoms with van der Waals surface area (Å²) in [6.07, 6.45) is 0. The summed E-state index contributed by atoms with van der Waals surface area (Å²) < 4.78 is 6.21. The van der Waals surface area contributed by atoms with Gasteiger partial charge in [0.05, 0.1) is 15.9 Å². The number of nitrogens with zero attached hydrogens (tertiary/aromatic N) is 2. The molecule has 3 aromatic rings. The predicted octanol–water partition coefficient (Wildman–Crippen LogP) is 3.60. The number of para-hydroxylation sites is 1. The fourth-order valence-electron chi connectivity index (χ4n) is 2.05. The standard InChI is InChI=1S/C17H15N3O3S/c1-11(12-6-8-13(9-7-12)23-10-16(21)22)19-20-17-18-14-4-2-3-5-15(14)24-17/h2-9H,10H2,1H3,(H,18,20)(H,21,22)/b19-11-. The van der Waals surface area contributed by atoms with Crippen molar-refractivity contribution in [3.8, 4) is 5.75 Å². The Morgan fingerprint density at radius 3 is 2.71 bits per heavy atom. The average Bonchev–Trinajstić information content (AvgIpc) is 3.01.